The molecule has 1 fully saturated rings. The summed E-state index contributed by atoms with van der Waals surface area (Å²) in [5, 5.41) is 0. The summed E-state index contributed by atoms with van der Waals surface area (Å²) in [6.45, 7) is 6.68. The number of allylic oxidation sites excluding steroid dienone is 4. The van der Waals surface area contributed by atoms with Gasteiger partial charge in [-0.1, -0.05) is 0 Å². The molecule has 1 saturated carbocycles. The number of benzene rings is 3. The SMILES string of the molecule is Cc1cccc(C(c2cccc(C)c2)(c2cccc(C)c2)[C]2([Ti+3])CCC3CC=CC=C32)c1.[Cl-].[Cl-].[Cl-]. The van der Waals surface area contributed by atoms with E-state index in [1.807, 2.05) is 0 Å². The summed E-state index contributed by atoms with van der Waals surface area (Å²) in [6, 6.07) is 27.8. The molecule has 0 spiro atoms. The van der Waals surface area contributed by atoms with Crippen molar-refractivity contribution in [1.29, 1.82) is 0 Å². The van der Waals surface area contributed by atoms with E-state index in [9.17, 15) is 0 Å². The van der Waals surface area contributed by atoms with Crippen LogP contribution in [0.1, 0.15) is 52.6 Å². The van der Waals surface area contributed by atoms with Gasteiger partial charge in [0.05, 0.1) is 0 Å². The summed E-state index contributed by atoms with van der Waals surface area (Å²) in [6.07, 6.45) is 10.7. The summed E-state index contributed by atoms with van der Waals surface area (Å²) in [4.78, 5) is 0. The van der Waals surface area contributed by atoms with Crippen molar-refractivity contribution in [2.75, 3.05) is 0 Å². The van der Waals surface area contributed by atoms with Crippen molar-refractivity contribution in [3.8, 4) is 0 Å². The monoisotopic (exact) mass is 556 g/mol. The van der Waals surface area contributed by atoms with E-state index in [1.165, 1.54) is 52.6 Å². The van der Waals surface area contributed by atoms with Crippen LogP contribution in [-0.2, 0) is 25.9 Å². The number of halogens is 3. The molecule has 0 heterocycles. The summed E-state index contributed by atoms with van der Waals surface area (Å²) in [5.41, 5.74) is 9.58. The average molecular weight is 558 g/mol. The van der Waals surface area contributed by atoms with E-state index in [2.05, 4.69) is 132 Å². The Morgan fingerprint density at radius 1 is 0.743 bits per heavy atom. The molecule has 4 heteroatoms. The van der Waals surface area contributed by atoms with Crippen LogP contribution < -0.4 is 37.2 Å². The second-order valence-corrected chi connectivity index (χ2v) is 11.1. The quantitative estimate of drug-likeness (QED) is 0.284. The van der Waals surface area contributed by atoms with Crippen LogP contribution in [0, 0.1) is 26.7 Å². The van der Waals surface area contributed by atoms with Gasteiger partial charge in [0.25, 0.3) is 0 Å². The first-order valence-corrected chi connectivity index (χ1v) is 12.6. The minimum atomic E-state index is -0.247. The van der Waals surface area contributed by atoms with Crippen molar-refractivity contribution in [2.45, 2.75) is 49.2 Å². The molecule has 0 aromatic heterocycles. The van der Waals surface area contributed by atoms with Crippen LogP contribution >= 0.6 is 0 Å². The maximum absolute atomic E-state index is 2.55. The van der Waals surface area contributed by atoms with Crippen LogP contribution in [0.2, 0.25) is 3.72 Å². The molecule has 3 aromatic carbocycles. The number of fused-ring (bicyclic) bond motifs is 1. The van der Waals surface area contributed by atoms with E-state index < -0.39 is 0 Å². The fourth-order valence-corrected chi connectivity index (χ4v) is 7.61. The Kier molecular flexibility index (Phi) is 10.1. The molecule has 35 heavy (non-hydrogen) atoms. The van der Waals surface area contributed by atoms with Gasteiger partial charge in [-0.2, -0.15) is 0 Å². The second kappa shape index (κ2) is 11.8. The van der Waals surface area contributed by atoms with Gasteiger partial charge in [0, 0.05) is 0 Å². The van der Waals surface area contributed by atoms with Crippen molar-refractivity contribution < 1.29 is 57.7 Å². The first kappa shape index (κ1) is 30.0. The number of hydrogen-bond acceptors (Lipinski definition) is 0. The third-order valence-electron chi connectivity index (χ3n) is 7.63. The van der Waals surface area contributed by atoms with Gasteiger partial charge in [0.2, 0.25) is 0 Å². The third-order valence-corrected chi connectivity index (χ3v) is 9.05. The van der Waals surface area contributed by atoms with E-state index in [1.54, 1.807) is 5.57 Å². The van der Waals surface area contributed by atoms with E-state index in [0.717, 1.165) is 0 Å². The standard InChI is InChI=1S/C31H31.3ClH.Ti/c1-22-9-6-13-26(19-22)31(27-14-7-10-23(2)20-27,28-15-8-11-24(3)21-28)30-18-17-25-12-4-5-16-29(25)30;;;;/h4-11,13-16,19-21,25H,12,17-18H2,1-3H3;3*1H;/q;;;;+3/p-3. The van der Waals surface area contributed by atoms with Crippen LogP contribution in [-0.4, -0.2) is 0 Å². The van der Waals surface area contributed by atoms with Gasteiger partial charge in [-0.25, -0.2) is 0 Å². The molecule has 180 valence electrons. The summed E-state index contributed by atoms with van der Waals surface area (Å²) < 4.78 is -0.00218. The number of hydrogen-bond donors (Lipinski definition) is 0. The predicted molar refractivity (Wildman–Crippen MR) is 131 cm³/mol. The van der Waals surface area contributed by atoms with Gasteiger partial charge >= 0.3 is 206 Å². The molecule has 0 N–H and O–H groups in total. The zero-order valence-electron chi connectivity index (χ0n) is 20.5. The normalized spacial score (nSPS) is 20.6. The maximum Gasteiger partial charge on any atom is -1.00 e. The van der Waals surface area contributed by atoms with Gasteiger partial charge in [-0.3, -0.25) is 0 Å². The number of rotatable bonds is 4. The van der Waals surface area contributed by atoms with Gasteiger partial charge in [-0.05, 0) is 0 Å². The summed E-state index contributed by atoms with van der Waals surface area (Å²) in [7, 11) is 0. The number of aryl methyl sites for hydroxylation is 3. The second-order valence-electron chi connectivity index (χ2n) is 9.79. The van der Waals surface area contributed by atoms with Crippen LogP contribution in [0.4, 0.5) is 0 Å². The molecule has 0 radical (unpaired) electrons. The largest absolute Gasteiger partial charge is 1.00 e. The van der Waals surface area contributed by atoms with E-state index >= 15 is 0 Å². The first-order valence-electron chi connectivity index (χ1n) is 11.8. The molecule has 0 aliphatic heterocycles. The Labute approximate surface area is 241 Å². The topological polar surface area (TPSA) is 0 Å². The van der Waals surface area contributed by atoms with Crippen LogP contribution in [0.5, 0.6) is 0 Å². The van der Waals surface area contributed by atoms with E-state index in [4.69, 9.17) is 0 Å². The summed E-state index contributed by atoms with van der Waals surface area (Å²) in [5.74, 6) is 0.656. The Bertz CT molecular complexity index is 1120. The Morgan fingerprint density at radius 2 is 1.20 bits per heavy atom. The Balaban J connectivity index is 0.00000144. The van der Waals surface area contributed by atoms with Crippen molar-refractivity contribution in [3.63, 3.8) is 0 Å². The van der Waals surface area contributed by atoms with Gasteiger partial charge in [0.15, 0.2) is 0 Å². The minimum Gasteiger partial charge on any atom is -1.00 e. The smallest absolute Gasteiger partial charge is 1.00 e. The molecule has 2 unspecified atom stereocenters. The van der Waals surface area contributed by atoms with E-state index in [0.29, 0.717) is 5.92 Å². The molecule has 3 aromatic rings. The Morgan fingerprint density at radius 3 is 1.63 bits per heavy atom. The fraction of sp³-hybridized carbons (Fsp3) is 0.290. The van der Waals surface area contributed by atoms with Gasteiger partial charge in [-0.15, -0.1) is 0 Å². The predicted octanol–water partition coefficient (Wildman–Crippen LogP) is -1.04. The van der Waals surface area contributed by atoms with Crippen molar-refractivity contribution in [2.24, 2.45) is 5.92 Å². The molecular weight excluding hydrogens is 527 g/mol. The van der Waals surface area contributed by atoms with E-state index in [-0.39, 0.29) is 46.4 Å². The van der Waals surface area contributed by atoms with Crippen LogP contribution in [0.25, 0.3) is 0 Å². The van der Waals surface area contributed by atoms with Crippen LogP contribution in [0.3, 0.4) is 0 Å². The molecule has 0 saturated heterocycles. The van der Waals surface area contributed by atoms with Gasteiger partial charge in [0.1, 0.15) is 0 Å². The molecule has 2 aliphatic rings. The molecule has 0 bridgehead atoms. The van der Waals surface area contributed by atoms with Crippen molar-refractivity contribution in [1.82, 2.24) is 0 Å². The molecule has 0 nitrogen and oxygen atoms in total. The minimum absolute atomic E-state index is 0. The third kappa shape index (κ3) is 4.98. The van der Waals surface area contributed by atoms with Crippen molar-refractivity contribution >= 4 is 0 Å². The van der Waals surface area contributed by atoms with Crippen molar-refractivity contribution in [3.05, 3.63) is 130 Å². The zero-order valence-corrected chi connectivity index (χ0v) is 24.3. The average Bonchev–Trinajstić information content (AvgIpc) is 3.13. The summed E-state index contributed by atoms with van der Waals surface area (Å²) >= 11 is 2.55. The Hall–Kier alpha value is -1.28. The fourth-order valence-electron chi connectivity index (χ4n) is 6.25. The van der Waals surface area contributed by atoms with Crippen LogP contribution in [0.15, 0.2) is 96.6 Å². The first-order chi connectivity index (χ1) is 15.4. The van der Waals surface area contributed by atoms with Gasteiger partial charge < -0.3 is 37.2 Å². The maximum atomic E-state index is 2.55. The molecule has 2 atom stereocenters. The molecule has 2 aliphatic carbocycles. The zero-order chi connectivity index (χ0) is 22.3. The molecule has 0 amide bonds. The molecular formula is C31H31Cl3Ti. The molecule has 5 rings (SSSR count).